The molecule has 3 aromatic heterocycles. The van der Waals surface area contributed by atoms with E-state index in [1.165, 1.54) is 11.4 Å². The number of hydrogen-bond donors (Lipinski definition) is 2. The van der Waals surface area contributed by atoms with E-state index in [0.29, 0.717) is 13.0 Å². The van der Waals surface area contributed by atoms with Gasteiger partial charge in [-0.2, -0.15) is 12.7 Å². The molecule has 2 N–H and O–H groups in total. The third kappa shape index (κ3) is 2.93. The molecule has 3 rings (SSSR count). The number of H-pyrrole nitrogens is 1. The standard InChI is InChI=1S/C15H20N6O2S/c1-4-20(3)24(22,23)19-8-5-11(2)21-10-18-13-9-17-15-12(14(13)21)6-7-16-15/h6-7,9-10,19H,2,4-5,8H2,1,3H3,(H,16,17). The summed E-state index contributed by atoms with van der Waals surface area (Å²) in [5.74, 6) is 0. The first-order valence-electron chi connectivity index (χ1n) is 7.62. The summed E-state index contributed by atoms with van der Waals surface area (Å²) in [6.45, 7) is 6.54. The molecular weight excluding hydrogens is 328 g/mol. The molecule has 0 bridgehead atoms. The average Bonchev–Trinajstić information content (AvgIpc) is 3.19. The van der Waals surface area contributed by atoms with Crippen LogP contribution in [0, 0.1) is 0 Å². The largest absolute Gasteiger partial charge is 0.346 e. The molecule has 3 aromatic rings. The zero-order valence-corrected chi connectivity index (χ0v) is 14.5. The van der Waals surface area contributed by atoms with E-state index < -0.39 is 10.2 Å². The van der Waals surface area contributed by atoms with E-state index >= 15 is 0 Å². The topological polar surface area (TPSA) is 95.9 Å². The highest BCUT2D eigenvalue weighted by atomic mass is 32.2. The van der Waals surface area contributed by atoms with E-state index in [1.54, 1.807) is 19.4 Å². The van der Waals surface area contributed by atoms with Crippen molar-refractivity contribution in [1.82, 2.24) is 28.5 Å². The highest BCUT2D eigenvalue weighted by Gasteiger charge is 2.15. The Hall–Kier alpha value is -2.23. The molecule has 8 nitrogen and oxygen atoms in total. The summed E-state index contributed by atoms with van der Waals surface area (Å²) in [7, 11) is -1.90. The van der Waals surface area contributed by atoms with Gasteiger partial charge in [-0.25, -0.2) is 14.7 Å². The van der Waals surface area contributed by atoms with Crippen LogP contribution in [0.1, 0.15) is 13.3 Å². The SMILES string of the molecule is C=C(CCNS(=O)(=O)N(C)CC)n1cnc2cnc3[nH]ccc3c21. The van der Waals surface area contributed by atoms with Crippen LogP contribution in [-0.2, 0) is 10.2 Å². The van der Waals surface area contributed by atoms with E-state index in [-0.39, 0.29) is 6.54 Å². The number of nitrogens with zero attached hydrogens (tertiary/aromatic N) is 4. The van der Waals surface area contributed by atoms with Crippen LogP contribution in [-0.4, -0.2) is 52.4 Å². The van der Waals surface area contributed by atoms with Gasteiger partial charge in [0.15, 0.2) is 0 Å². The monoisotopic (exact) mass is 348 g/mol. The molecule has 0 atom stereocenters. The van der Waals surface area contributed by atoms with Gasteiger partial charge < -0.3 is 9.55 Å². The van der Waals surface area contributed by atoms with Gasteiger partial charge in [0.1, 0.15) is 17.5 Å². The molecule has 0 fully saturated rings. The van der Waals surface area contributed by atoms with E-state index in [0.717, 1.165) is 27.8 Å². The molecule has 0 unspecified atom stereocenters. The predicted molar refractivity (Wildman–Crippen MR) is 94.6 cm³/mol. The number of aromatic amines is 1. The third-order valence-corrected chi connectivity index (χ3v) is 5.63. The normalized spacial score (nSPS) is 12.5. The van der Waals surface area contributed by atoms with Crippen molar-refractivity contribution >= 4 is 38.0 Å². The number of fused-ring (bicyclic) bond motifs is 3. The maximum atomic E-state index is 11.9. The molecule has 0 saturated heterocycles. The van der Waals surface area contributed by atoms with Gasteiger partial charge in [0, 0.05) is 43.8 Å². The van der Waals surface area contributed by atoms with E-state index in [9.17, 15) is 8.42 Å². The molecule has 3 heterocycles. The lowest BCUT2D eigenvalue weighted by Crippen LogP contribution is -2.38. The smallest absolute Gasteiger partial charge is 0.279 e. The van der Waals surface area contributed by atoms with E-state index in [2.05, 4.69) is 26.3 Å². The lowest BCUT2D eigenvalue weighted by molar-refractivity contribution is 0.474. The van der Waals surface area contributed by atoms with Crippen LogP contribution in [0.15, 0.2) is 31.4 Å². The summed E-state index contributed by atoms with van der Waals surface area (Å²) < 4.78 is 29.6. The average molecular weight is 348 g/mol. The van der Waals surface area contributed by atoms with Crippen LogP contribution < -0.4 is 4.72 Å². The van der Waals surface area contributed by atoms with Gasteiger partial charge in [-0.3, -0.25) is 0 Å². The van der Waals surface area contributed by atoms with Crippen LogP contribution in [0.25, 0.3) is 27.8 Å². The Labute approximate surface area is 140 Å². The molecule has 128 valence electrons. The fraction of sp³-hybridized carbons (Fsp3) is 0.333. The van der Waals surface area contributed by atoms with Crippen molar-refractivity contribution in [2.75, 3.05) is 20.1 Å². The lowest BCUT2D eigenvalue weighted by Gasteiger charge is -2.16. The maximum Gasteiger partial charge on any atom is 0.279 e. The number of aromatic nitrogens is 4. The molecule has 0 radical (unpaired) electrons. The predicted octanol–water partition coefficient (Wildman–Crippen LogP) is 1.56. The number of imidazole rings is 1. The Morgan fingerprint density at radius 3 is 3.00 bits per heavy atom. The second-order valence-electron chi connectivity index (χ2n) is 5.48. The minimum absolute atomic E-state index is 0.270. The van der Waals surface area contributed by atoms with Crippen molar-refractivity contribution in [3.63, 3.8) is 0 Å². The van der Waals surface area contributed by atoms with Gasteiger partial charge in [0.05, 0.1) is 11.7 Å². The molecule has 0 aliphatic carbocycles. The van der Waals surface area contributed by atoms with Gasteiger partial charge in [-0.1, -0.05) is 13.5 Å². The zero-order chi connectivity index (χ0) is 17.3. The fourth-order valence-electron chi connectivity index (χ4n) is 2.47. The Morgan fingerprint density at radius 1 is 1.46 bits per heavy atom. The van der Waals surface area contributed by atoms with Crippen molar-refractivity contribution in [2.24, 2.45) is 0 Å². The second-order valence-corrected chi connectivity index (χ2v) is 7.34. The van der Waals surface area contributed by atoms with Crippen LogP contribution in [0.3, 0.4) is 0 Å². The first-order valence-corrected chi connectivity index (χ1v) is 9.06. The molecule has 0 aliphatic rings. The Kier molecular flexibility index (Phi) is 4.39. The quantitative estimate of drug-likeness (QED) is 0.677. The van der Waals surface area contributed by atoms with Crippen LogP contribution in [0.5, 0.6) is 0 Å². The van der Waals surface area contributed by atoms with Gasteiger partial charge in [0.2, 0.25) is 0 Å². The van der Waals surface area contributed by atoms with Gasteiger partial charge in [-0.15, -0.1) is 0 Å². The maximum absolute atomic E-state index is 11.9. The molecule has 0 spiro atoms. The Morgan fingerprint density at radius 2 is 2.25 bits per heavy atom. The summed E-state index contributed by atoms with van der Waals surface area (Å²) in [4.78, 5) is 11.7. The second kappa shape index (κ2) is 6.34. The highest BCUT2D eigenvalue weighted by molar-refractivity contribution is 7.87. The van der Waals surface area contributed by atoms with Crippen molar-refractivity contribution in [3.05, 3.63) is 31.4 Å². The molecule has 0 saturated carbocycles. The summed E-state index contributed by atoms with van der Waals surface area (Å²) in [6.07, 6.45) is 5.69. The van der Waals surface area contributed by atoms with Crippen LogP contribution in [0.4, 0.5) is 0 Å². The summed E-state index contributed by atoms with van der Waals surface area (Å²) in [5.41, 5.74) is 3.23. The number of nitrogens with one attached hydrogen (secondary N) is 2. The summed E-state index contributed by atoms with van der Waals surface area (Å²) in [5, 5.41) is 0.956. The van der Waals surface area contributed by atoms with Gasteiger partial charge in [-0.05, 0) is 6.07 Å². The lowest BCUT2D eigenvalue weighted by atomic mass is 10.2. The third-order valence-electron chi connectivity index (χ3n) is 3.99. The Bertz CT molecular complexity index is 988. The van der Waals surface area contributed by atoms with Crippen molar-refractivity contribution in [2.45, 2.75) is 13.3 Å². The van der Waals surface area contributed by atoms with Crippen molar-refractivity contribution < 1.29 is 8.42 Å². The molecule has 0 aromatic carbocycles. The first-order chi connectivity index (χ1) is 11.4. The van der Waals surface area contributed by atoms with Crippen molar-refractivity contribution in [3.8, 4) is 0 Å². The van der Waals surface area contributed by atoms with E-state index in [4.69, 9.17) is 0 Å². The highest BCUT2D eigenvalue weighted by Crippen LogP contribution is 2.24. The minimum Gasteiger partial charge on any atom is -0.346 e. The molecule has 24 heavy (non-hydrogen) atoms. The van der Waals surface area contributed by atoms with E-state index in [1.807, 2.05) is 16.8 Å². The molecule has 0 aliphatic heterocycles. The van der Waals surface area contributed by atoms with Gasteiger partial charge >= 0.3 is 0 Å². The number of hydrogen-bond acceptors (Lipinski definition) is 4. The molecule has 9 heteroatoms. The summed E-state index contributed by atoms with van der Waals surface area (Å²) in [6, 6.07) is 1.94. The zero-order valence-electron chi connectivity index (χ0n) is 13.7. The first kappa shape index (κ1) is 16.6. The summed E-state index contributed by atoms with van der Waals surface area (Å²) >= 11 is 0. The Balaban J connectivity index is 1.79. The van der Waals surface area contributed by atoms with Crippen molar-refractivity contribution in [1.29, 1.82) is 0 Å². The number of rotatable bonds is 7. The number of pyridine rings is 1. The fourth-order valence-corrected chi connectivity index (χ4v) is 3.39. The van der Waals surface area contributed by atoms with Crippen LogP contribution >= 0.6 is 0 Å². The molecule has 0 amide bonds. The minimum atomic E-state index is -3.44. The van der Waals surface area contributed by atoms with Gasteiger partial charge in [0.25, 0.3) is 10.2 Å². The van der Waals surface area contributed by atoms with Crippen LogP contribution in [0.2, 0.25) is 0 Å². The molecular formula is C15H20N6O2S.